The highest BCUT2D eigenvalue weighted by atomic mass is 32.1. The number of hydrogen-bond donors (Lipinski definition) is 2. The maximum absolute atomic E-state index is 17.2. The average Bonchev–Trinajstić information content (AvgIpc) is 3.54. The van der Waals surface area contributed by atoms with Crippen LogP contribution in [0, 0.1) is 23.0 Å². The number of rotatable bonds is 7. The summed E-state index contributed by atoms with van der Waals surface area (Å²) in [5.41, 5.74) is 6.95. The molecule has 0 spiro atoms. The molecule has 10 nitrogen and oxygen atoms in total. The van der Waals surface area contributed by atoms with E-state index in [1.54, 1.807) is 6.07 Å². The number of thiophene rings is 1. The van der Waals surface area contributed by atoms with Crippen LogP contribution in [-0.4, -0.2) is 78.1 Å². The van der Waals surface area contributed by atoms with Crippen molar-refractivity contribution in [1.82, 2.24) is 19.9 Å². The van der Waals surface area contributed by atoms with Gasteiger partial charge in [0.05, 0.1) is 34.2 Å². The zero-order chi connectivity index (χ0) is 39.0. The maximum Gasteiger partial charge on any atom is 0.420 e. The van der Waals surface area contributed by atoms with E-state index in [0.717, 1.165) is 17.0 Å². The van der Waals surface area contributed by atoms with Crippen molar-refractivity contribution in [2.75, 3.05) is 50.2 Å². The number of nitrogens with two attached hydrogens (primary N) is 2. The molecular weight excluding hydrogens is 755 g/mol. The Kier molecular flexibility index (Phi) is 9.07. The number of benzene rings is 2. The van der Waals surface area contributed by atoms with Crippen LogP contribution in [-0.2, 0) is 6.18 Å². The number of ether oxygens (including phenoxy) is 2. The van der Waals surface area contributed by atoms with Gasteiger partial charge in [-0.25, -0.2) is 31.3 Å². The van der Waals surface area contributed by atoms with Gasteiger partial charge in [-0.1, -0.05) is 12.1 Å². The third kappa shape index (κ3) is 6.08. The van der Waals surface area contributed by atoms with E-state index >= 15 is 30.7 Å². The van der Waals surface area contributed by atoms with Gasteiger partial charge in [0.2, 0.25) is 6.43 Å². The Balaban J connectivity index is 1.52. The predicted molar refractivity (Wildman–Crippen MR) is 181 cm³/mol. The van der Waals surface area contributed by atoms with Gasteiger partial charge in [0.1, 0.15) is 58.6 Å². The van der Waals surface area contributed by atoms with Gasteiger partial charge in [-0.2, -0.15) is 28.4 Å². The summed E-state index contributed by atoms with van der Waals surface area (Å²) in [6, 6.07) is 2.86. The van der Waals surface area contributed by atoms with Crippen molar-refractivity contribution < 1.29 is 49.0 Å². The van der Waals surface area contributed by atoms with E-state index in [9.17, 15) is 14.0 Å². The lowest BCUT2D eigenvalue weighted by molar-refractivity contribution is -0.138. The van der Waals surface area contributed by atoms with Crippen LogP contribution in [0.1, 0.15) is 29.0 Å². The Labute approximate surface area is 303 Å². The van der Waals surface area contributed by atoms with Gasteiger partial charge in [-0.3, -0.25) is 4.90 Å². The van der Waals surface area contributed by atoms with Crippen molar-refractivity contribution in [2.45, 2.75) is 42.9 Å². The third-order valence-corrected chi connectivity index (χ3v) is 10.7. The molecule has 2 aliphatic rings. The molecule has 1 fully saturated rings. The summed E-state index contributed by atoms with van der Waals surface area (Å²) in [6.07, 6.45) is -8.00. The zero-order valence-electron chi connectivity index (χ0n) is 28.0. The van der Waals surface area contributed by atoms with Crippen LogP contribution in [0.4, 0.5) is 56.2 Å². The first-order valence-corrected chi connectivity index (χ1v) is 16.9. The number of pyridine rings is 1. The highest BCUT2D eigenvalue weighted by Gasteiger charge is 2.47. The number of fused-ring (bicyclic) bond motifs is 1. The second-order valence-corrected chi connectivity index (χ2v) is 14.0. The maximum atomic E-state index is 17.2. The SMILES string of the molecule is CN1c2nc(OC[C@@H]3CC(F)(F)CN3C)nc3c(F)c(-c4ccc(F)c5sc(N)c(C#N)c45)c(C(F)(F)F)c(c23)OCC1[C@@H](c1cccnc1N)C(F)F. The van der Waals surface area contributed by atoms with Crippen LogP contribution in [0.15, 0.2) is 30.5 Å². The smallest absolute Gasteiger partial charge is 0.420 e. The summed E-state index contributed by atoms with van der Waals surface area (Å²) in [5, 5.41) is 8.53. The number of nitrogens with zero attached hydrogens (tertiary/aromatic N) is 6. The quantitative estimate of drug-likeness (QED) is 0.163. The van der Waals surface area contributed by atoms with Crippen LogP contribution < -0.4 is 25.8 Å². The topological polar surface area (TPSA) is 139 Å². The number of alkyl halides is 7. The summed E-state index contributed by atoms with van der Waals surface area (Å²) in [5.74, 6) is -9.37. The Morgan fingerprint density at radius 1 is 1.13 bits per heavy atom. The van der Waals surface area contributed by atoms with E-state index in [-0.39, 0.29) is 21.1 Å². The molecule has 4 N–H and O–H groups in total. The molecule has 1 saturated heterocycles. The highest BCUT2D eigenvalue weighted by molar-refractivity contribution is 7.23. The van der Waals surface area contributed by atoms with Gasteiger partial charge in [-0.15, -0.1) is 11.3 Å². The lowest BCUT2D eigenvalue weighted by Crippen LogP contribution is -2.44. The van der Waals surface area contributed by atoms with Gasteiger partial charge >= 0.3 is 12.2 Å². The fraction of sp³-hybridized carbons (Fsp3) is 0.353. The number of likely N-dealkylation sites (N-methyl/N-ethyl adjacent to an activating group) is 2. The average molecular weight is 783 g/mol. The van der Waals surface area contributed by atoms with E-state index in [4.69, 9.17) is 20.9 Å². The highest BCUT2D eigenvalue weighted by Crippen LogP contribution is 2.54. The van der Waals surface area contributed by atoms with Crippen molar-refractivity contribution in [3.63, 3.8) is 0 Å². The number of anilines is 3. The van der Waals surface area contributed by atoms with Gasteiger partial charge in [0.25, 0.3) is 5.92 Å². The molecule has 5 aromatic rings. The van der Waals surface area contributed by atoms with Crippen molar-refractivity contribution in [3.05, 3.63) is 58.8 Å². The molecule has 7 rings (SSSR count). The fourth-order valence-corrected chi connectivity index (χ4v) is 8.13. The minimum absolute atomic E-state index is 0.165. The van der Waals surface area contributed by atoms with Gasteiger partial charge in [0.15, 0.2) is 5.82 Å². The van der Waals surface area contributed by atoms with E-state index < -0.39 is 130 Å². The molecule has 0 radical (unpaired) electrons. The molecule has 5 heterocycles. The number of nitrogen functional groups attached to an aromatic ring is 2. The zero-order valence-corrected chi connectivity index (χ0v) is 28.8. The summed E-state index contributed by atoms with van der Waals surface area (Å²) >= 11 is 0.564. The normalized spacial score (nSPS) is 19.3. The van der Waals surface area contributed by atoms with Crippen LogP contribution in [0.25, 0.3) is 32.1 Å². The molecule has 0 amide bonds. The number of aromatic nitrogens is 3. The third-order valence-electron chi connectivity index (χ3n) is 9.67. The first kappa shape index (κ1) is 37.0. The second-order valence-electron chi connectivity index (χ2n) is 13.0. The van der Waals surface area contributed by atoms with Gasteiger partial charge in [-0.05, 0) is 24.7 Å². The molecule has 3 atom stereocenters. The minimum Gasteiger partial charge on any atom is -0.490 e. The lowest BCUT2D eigenvalue weighted by atomic mass is 9.91. The minimum atomic E-state index is -5.44. The van der Waals surface area contributed by atoms with Crippen LogP contribution >= 0.6 is 11.3 Å². The number of nitriles is 1. The van der Waals surface area contributed by atoms with Crippen molar-refractivity contribution in [3.8, 4) is 29.0 Å². The van der Waals surface area contributed by atoms with Crippen LogP contribution in [0.5, 0.6) is 11.8 Å². The predicted octanol–water partition coefficient (Wildman–Crippen LogP) is 7.20. The molecule has 1 unspecified atom stereocenters. The monoisotopic (exact) mass is 782 g/mol. The summed E-state index contributed by atoms with van der Waals surface area (Å²) in [6.45, 7) is -1.93. The Morgan fingerprint density at radius 3 is 2.50 bits per heavy atom. The fourth-order valence-electron chi connectivity index (χ4n) is 7.18. The largest absolute Gasteiger partial charge is 0.490 e. The van der Waals surface area contributed by atoms with Crippen molar-refractivity contribution in [1.29, 1.82) is 5.26 Å². The van der Waals surface area contributed by atoms with E-state index in [1.807, 2.05) is 0 Å². The molecular formula is C34H27F9N8O2S. The second kappa shape index (κ2) is 13.2. The van der Waals surface area contributed by atoms with Crippen LogP contribution in [0.2, 0.25) is 0 Å². The number of likely N-dealkylation sites (tertiary alicyclic amines) is 1. The Morgan fingerprint density at radius 2 is 1.87 bits per heavy atom. The van der Waals surface area contributed by atoms with Gasteiger partial charge < -0.3 is 25.8 Å². The Bertz CT molecular complexity index is 2350. The lowest BCUT2D eigenvalue weighted by Gasteiger charge is -2.34. The first-order valence-electron chi connectivity index (χ1n) is 16.0. The molecule has 3 aromatic heterocycles. The Hall–Kier alpha value is -5.29. The number of halogens is 9. The molecule has 20 heteroatoms. The molecule has 2 aliphatic heterocycles. The summed E-state index contributed by atoms with van der Waals surface area (Å²) in [4.78, 5) is 14.6. The standard InChI is InChI=1S/C34H27F9N8O2S/c1-50-12-33(39,40)8-13(50)10-53-32-48-25-22-26(52-11-18(51(2)31(22)49-32)20(28(37)38)15-4-3-7-47-29(15)45)23(34(41,42)43)21(24(25)36)14-5-6-17(35)27-19(14)16(9-44)30(46)54-27/h3-7,13,18,20,28H,8,10-12,46H2,1-2H3,(H2,45,47)/t13-,18?,20+/m0/s1. The molecule has 54 heavy (non-hydrogen) atoms. The first-order chi connectivity index (χ1) is 25.4. The molecule has 0 aliphatic carbocycles. The van der Waals surface area contributed by atoms with E-state index in [1.165, 1.54) is 37.3 Å². The molecule has 2 aromatic carbocycles. The molecule has 0 bridgehead atoms. The van der Waals surface area contributed by atoms with Gasteiger partial charge in [0, 0.05) is 42.2 Å². The van der Waals surface area contributed by atoms with Crippen molar-refractivity contribution in [2.24, 2.45) is 0 Å². The number of hydrogen-bond acceptors (Lipinski definition) is 11. The summed E-state index contributed by atoms with van der Waals surface area (Å²) in [7, 11) is 2.64. The van der Waals surface area contributed by atoms with E-state index in [0.29, 0.717) is 11.3 Å². The summed E-state index contributed by atoms with van der Waals surface area (Å²) < 4.78 is 148. The van der Waals surface area contributed by atoms with Crippen LogP contribution in [0.3, 0.4) is 0 Å². The molecule has 0 saturated carbocycles. The molecule has 284 valence electrons. The van der Waals surface area contributed by atoms with Crippen molar-refractivity contribution >= 4 is 49.0 Å². The van der Waals surface area contributed by atoms with E-state index in [2.05, 4.69) is 15.0 Å².